The first kappa shape index (κ1) is 10.7. The highest BCUT2D eigenvalue weighted by Gasteiger charge is 2.01. The van der Waals surface area contributed by atoms with Gasteiger partial charge in [0.1, 0.15) is 0 Å². The highest BCUT2D eigenvalue weighted by atomic mass is 14.7. The third-order valence-electron chi connectivity index (χ3n) is 2.62. The van der Waals surface area contributed by atoms with Crippen LogP contribution in [-0.4, -0.2) is 4.98 Å². The monoisotopic (exact) mass is 212 g/mol. The van der Waals surface area contributed by atoms with Crippen molar-refractivity contribution in [1.29, 1.82) is 0 Å². The number of hydrogen-bond donors (Lipinski definition) is 1. The lowest BCUT2D eigenvalue weighted by Gasteiger charge is -2.07. The third-order valence-corrected chi connectivity index (χ3v) is 2.62. The van der Waals surface area contributed by atoms with E-state index in [-0.39, 0.29) is 0 Å². The van der Waals surface area contributed by atoms with Gasteiger partial charge in [0, 0.05) is 24.5 Å². The summed E-state index contributed by atoms with van der Waals surface area (Å²) in [6, 6.07) is 8.41. The number of benzene rings is 1. The maximum Gasteiger partial charge on any atom is 0.0380 e. The zero-order valence-corrected chi connectivity index (χ0v) is 9.70. The van der Waals surface area contributed by atoms with Crippen molar-refractivity contribution in [1.82, 2.24) is 4.98 Å². The van der Waals surface area contributed by atoms with E-state index in [1.54, 1.807) is 6.20 Å². The SMILES string of the molecule is Cc1cc(C)cc(Cc2cnccc2N)c1. The lowest BCUT2D eigenvalue weighted by Crippen LogP contribution is -1.97. The maximum absolute atomic E-state index is 5.90. The maximum atomic E-state index is 5.90. The molecule has 1 aromatic heterocycles. The summed E-state index contributed by atoms with van der Waals surface area (Å²) in [5, 5.41) is 0. The molecular weight excluding hydrogens is 196 g/mol. The molecule has 2 rings (SSSR count). The standard InChI is InChI=1S/C14H16N2/c1-10-5-11(2)7-12(6-10)8-13-9-16-4-3-14(13)15/h3-7,9H,8H2,1-2H3,(H2,15,16). The number of aromatic nitrogens is 1. The first-order chi connectivity index (χ1) is 7.65. The van der Waals surface area contributed by atoms with Crippen LogP contribution in [0.1, 0.15) is 22.3 Å². The van der Waals surface area contributed by atoms with Gasteiger partial charge in [-0.2, -0.15) is 0 Å². The Hall–Kier alpha value is -1.83. The number of anilines is 1. The number of hydrogen-bond acceptors (Lipinski definition) is 2. The molecule has 0 saturated carbocycles. The Labute approximate surface area is 96.1 Å². The van der Waals surface area contributed by atoms with Gasteiger partial charge in [0.05, 0.1) is 0 Å². The summed E-state index contributed by atoms with van der Waals surface area (Å²) >= 11 is 0. The predicted molar refractivity (Wildman–Crippen MR) is 67.4 cm³/mol. The van der Waals surface area contributed by atoms with Crippen LogP contribution in [0.3, 0.4) is 0 Å². The van der Waals surface area contributed by atoms with Gasteiger partial charge >= 0.3 is 0 Å². The highest BCUT2D eigenvalue weighted by Crippen LogP contribution is 2.17. The van der Waals surface area contributed by atoms with E-state index in [9.17, 15) is 0 Å². The molecule has 0 aliphatic rings. The van der Waals surface area contributed by atoms with E-state index in [2.05, 4.69) is 37.0 Å². The molecule has 0 atom stereocenters. The van der Waals surface area contributed by atoms with Crippen LogP contribution < -0.4 is 5.73 Å². The molecule has 82 valence electrons. The Morgan fingerprint density at radius 1 is 1.12 bits per heavy atom. The van der Waals surface area contributed by atoms with Gasteiger partial charge < -0.3 is 5.73 Å². The van der Waals surface area contributed by atoms with E-state index in [0.29, 0.717) is 0 Å². The largest absolute Gasteiger partial charge is 0.398 e. The zero-order valence-electron chi connectivity index (χ0n) is 9.70. The van der Waals surface area contributed by atoms with Crippen LogP contribution in [0.5, 0.6) is 0 Å². The van der Waals surface area contributed by atoms with Crippen LogP contribution in [0.25, 0.3) is 0 Å². The first-order valence-electron chi connectivity index (χ1n) is 5.40. The molecule has 0 spiro atoms. The quantitative estimate of drug-likeness (QED) is 0.831. The van der Waals surface area contributed by atoms with Crippen molar-refractivity contribution in [2.45, 2.75) is 20.3 Å². The first-order valence-corrected chi connectivity index (χ1v) is 5.40. The summed E-state index contributed by atoms with van der Waals surface area (Å²) in [7, 11) is 0. The predicted octanol–water partition coefficient (Wildman–Crippen LogP) is 2.87. The van der Waals surface area contributed by atoms with Gasteiger partial charge in [-0.1, -0.05) is 29.3 Å². The molecule has 2 heteroatoms. The van der Waals surface area contributed by atoms with Crippen LogP contribution in [0.2, 0.25) is 0 Å². The smallest absolute Gasteiger partial charge is 0.0380 e. The molecule has 2 aromatic rings. The number of nitrogen functional groups attached to an aromatic ring is 1. The summed E-state index contributed by atoms with van der Waals surface area (Å²) in [6.45, 7) is 4.23. The van der Waals surface area contributed by atoms with E-state index < -0.39 is 0 Å². The van der Waals surface area contributed by atoms with E-state index in [1.807, 2.05) is 12.3 Å². The van der Waals surface area contributed by atoms with Crippen molar-refractivity contribution in [2.24, 2.45) is 0 Å². The zero-order chi connectivity index (χ0) is 11.5. The van der Waals surface area contributed by atoms with Gasteiger partial charge in [-0.25, -0.2) is 0 Å². The minimum atomic E-state index is 0.814. The fourth-order valence-electron chi connectivity index (χ4n) is 1.98. The van der Waals surface area contributed by atoms with Crippen LogP contribution in [-0.2, 0) is 6.42 Å². The highest BCUT2D eigenvalue weighted by molar-refractivity contribution is 5.47. The average Bonchev–Trinajstić information content (AvgIpc) is 2.20. The Morgan fingerprint density at radius 3 is 2.44 bits per heavy atom. The summed E-state index contributed by atoms with van der Waals surface area (Å²) in [5.41, 5.74) is 11.7. The second-order valence-corrected chi connectivity index (χ2v) is 4.25. The number of aryl methyl sites for hydroxylation is 2. The molecule has 0 bridgehead atoms. The fourth-order valence-corrected chi connectivity index (χ4v) is 1.98. The topological polar surface area (TPSA) is 38.9 Å². The van der Waals surface area contributed by atoms with Crippen LogP contribution in [0.15, 0.2) is 36.7 Å². The lowest BCUT2D eigenvalue weighted by molar-refractivity contribution is 1.14. The van der Waals surface area contributed by atoms with Crippen molar-refractivity contribution in [3.05, 3.63) is 58.9 Å². The number of nitrogens with two attached hydrogens (primary N) is 1. The van der Waals surface area contributed by atoms with Gasteiger partial charge in [0.15, 0.2) is 0 Å². The molecule has 0 unspecified atom stereocenters. The fraction of sp³-hybridized carbons (Fsp3) is 0.214. The Balaban J connectivity index is 2.30. The minimum absolute atomic E-state index is 0.814. The van der Waals surface area contributed by atoms with Crippen LogP contribution in [0, 0.1) is 13.8 Å². The van der Waals surface area contributed by atoms with Gasteiger partial charge in [-0.3, -0.25) is 4.98 Å². The van der Waals surface area contributed by atoms with Crippen LogP contribution in [0.4, 0.5) is 5.69 Å². The summed E-state index contributed by atoms with van der Waals surface area (Å²) in [5.74, 6) is 0. The summed E-state index contributed by atoms with van der Waals surface area (Å²) in [6.07, 6.45) is 4.41. The number of nitrogens with zero attached hydrogens (tertiary/aromatic N) is 1. The van der Waals surface area contributed by atoms with Gasteiger partial charge in [-0.05, 0) is 31.0 Å². The number of pyridine rings is 1. The van der Waals surface area contributed by atoms with E-state index in [4.69, 9.17) is 5.73 Å². The van der Waals surface area contributed by atoms with Gasteiger partial charge in [0.2, 0.25) is 0 Å². The Bertz CT molecular complexity index is 484. The molecule has 2 N–H and O–H groups in total. The average molecular weight is 212 g/mol. The molecule has 16 heavy (non-hydrogen) atoms. The molecule has 1 heterocycles. The molecule has 0 fully saturated rings. The van der Waals surface area contributed by atoms with Gasteiger partial charge in [-0.15, -0.1) is 0 Å². The van der Waals surface area contributed by atoms with Crippen molar-refractivity contribution in [3.63, 3.8) is 0 Å². The molecule has 0 saturated heterocycles. The molecule has 2 nitrogen and oxygen atoms in total. The van der Waals surface area contributed by atoms with E-state index in [1.165, 1.54) is 16.7 Å². The van der Waals surface area contributed by atoms with Crippen molar-refractivity contribution >= 4 is 5.69 Å². The van der Waals surface area contributed by atoms with Gasteiger partial charge in [0.25, 0.3) is 0 Å². The third kappa shape index (κ3) is 2.40. The lowest BCUT2D eigenvalue weighted by atomic mass is 10.0. The second-order valence-electron chi connectivity index (χ2n) is 4.25. The molecule has 0 aliphatic heterocycles. The Morgan fingerprint density at radius 2 is 1.81 bits per heavy atom. The molecule has 1 aromatic carbocycles. The summed E-state index contributed by atoms with van der Waals surface area (Å²) in [4.78, 5) is 4.11. The van der Waals surface area contributed by atoms with Crippen LogP contribution >= 0.6 is 0 Å². The minimum Gasteiger partial charge on any atom is -0.398 e. The van der Waals surface area contributed by atoms with E-state index in [0.717, 1.165) is 17.7 Å². The van der Waals surface area contributed by atoms with Crippen molar-refractivity contribution in [3.8, 4) is 0 Å². The Kier molecular flexibility index (Phi) is 2.91. The number of rotatable bonds is 2. The normalized spacial score (nSPS) is 10.4. The molecular formula is C14H16N2. The van der Waals surface area contributed by atoms with Crippen molar-refractivity contribution < 1.29 is 0 Å². The van der Waals surface area contributed by atoms with Crippen molar-refractivity contribution in [2.75, 3.05) is 5.73 Å². The van der Waals surface area contributed by atoms with E-state index >= 15 is 0 Å². The summed E-state index contributed by atoms with van der Waals surface area (Å²) < 4.78 is 0. The molecule has 0 aliphatic carbocycles. The molecule has 0 radical (unpaired) electrons. The second kappa shape index (κ2) is 4.35. The molecule has 0 amide bonds.